The Hall–Kier alpha value is -1.36. The molecular formula is C11H15NO4. The van der Waals surface area contributed by atoms with E-state index in [2.05, 4.69) is 4.98 Å². The minimum atomic E-state index is -0.819. The summed E-state index contributed by atoms with van der Waals surface area (Å²) in [5.74, 6) is -0.162. The SMILES string of the molecule is CC1(c2nc(CCC(=O)O)co2)CCOC1. The van der Waals surface area contributed by atoms with Gasteiger partial charge in [0.25, 0.3) is 0 Å². The van der Waals surface area contributed by atoms with Gasteiger partial charge in [0, 0.05) is 13.0 Å². The predicted octanol–water partition coefficient (Wildman–Crippen LogP) is 1.37. The number of nitrogens with zero attached hydrogens (tertiary/aromatic N) is 1. The maximum atomic E-state index is 10.4. The van der Waals surface area contributed by atoms with Gasteiger partial charge in [-0.3, -0.25) is 4.79 Å². The second kappa shape index (κ2) is 4.25. The summed E-state index contributed by atoms with van der Waals surface area (Å²) in [6.07, 6.45) is 2.93. The number of carboxylic acid groups (broad SMARTS) is 1. The molecule has 5 nitrogen and oxygen atoms in total. The van der Waals surface area contributed by atoms with E-state index in [9.17, 15) is 4.79 Å². The van der Waals surface area contributed by atoms with Gasteiger partial charge in [0.05, 0.1) is 24.1 Å². The average molecular weight is 225 g/mol. The molecule has 2 rings (SSSR count). The van der Waals surface area contributed by atoms with Crippen LogP contribution in [0.15, 0.2) is 10.7 Å². The van der Waals surface area contributed by atoms with E-state index < -0.39 is 5.97 Å². The number of ether oxygens (including phenoxy) is 1. The number of carbonyl (C=O) groups is 1. The number of carboxylic acids is 1. The van der Waals surface area contributed by atoms with E-state index >= 15 is 0 Å². The van der Waals surface area contributed by atoms with Gasteiger partial charge in [-0.15, -0.1) is 0 Å². The van der Waals surface area contributed by atoms with Gasteiger partial charge in [0.15, 0.2) is 0 Å². The highest BCUT2D eigenvalue weighted by atomic mass is 16.5. The molecule has 1 aromatic heterocycles. The van der Waals surface area contributed by atoms with Crippen molar-refractivity contribution >= 4 is 5.97 Å². The predicted molar refractivity (Wildman–Crippen MR) is 55.2 cm³/mol. The zero-order valence-corrected chi connectivity index (χ0v) is 9.23. The van der Waals surface area contributed by atoms with Crippen molar-refractivity contribution in [2.45, 2.75) is 31.6 Å². The summed E-state index contributed by atoms with van der Waals surface area (Å²) in [4.78, 5) is 14.7. The second-order valence-electron chi connectivity index (χ2n) is 4.40. The summed E-state index contributed by atoms with van der Waals surface area (Å²) in [7, 11) is 0. The van der Waals surface area contributed by atoms with Gasteiger partial charge in [-0.05, 0) is 13.3 Å². The molecule has 1 atom stereocenters. The number of aromatic nitrogens is 1. The highest BCUT2D eigenvalue weighted by molar-refractivity contribution is 5.66. The highest BCUT2D eigenvalue weighted by Gasteiger charge is 2.36. The van der Waals surface area contributed by atoms with E-state index in [1.54, 1.807) is 6.26 Å². The molecule has 0 saturated carbocycles. The van der Waals surface area contributed by atoms with Gasteiger partial charge in [-0.2, -0.15) is 0 Å². The molecule has 88 valence electrons. The first-order valence-electron chi connectivity index (χ1n) is 5.35. The number of hydrogen-bond donors (Lipinski definition) is 1. The molecule has 1 fully saturated rings. The van der Waals surface area contributed by atoms with Gasteiger partial charge in [0.1, 0.15) is 6.26 Å². The largest absolute Gasteiger partial charge is 0.481 e. The number of aryl methyl sites for hydroxylation is 1. The zero-order chi connectivity index (χ0) is 11.6. The van der Waals surface area contributed by atoms with Crippen molar-refractivity contribution in [1.29, 1.82) is 0 Å². The first kappa shape index (κ1) is 11.1. The Labute approximate surface area is 93.4 Å². The van der Waals surface area contributed by atoms with Crippen LogP contribution in [0.25, 0.3) is 0 Å². The number of rotatable bonds is 4. The second-order valence-corrected chi connectivity index (χ2v) is 4.40. The van der Waals surface area contributed by atoms with Crippen molar-refractivity contribution in [3.8, 4) is 0 Å². The lowest BCUT2D eigenvalue weighted by molar-refractivity contribution is -0.136. The Bertz CT molecular complexity index is 379. The Kier molecular flexibility index (Phi) is 2.96. The fourth-order valence-corrected chi connectivity index (χ4v) is 1.77. The quantitative estimate of drug-likeness (QED) is 0.837. The molecule has 1 aliphatic rings. The van der Waals surface area contributed by atoms with E-state index in [0.29, 0.717) is 24.6 Å². The minimum Gasteiger partial charge on any atom is -0.481 e. The molecule has 0 bridgehead atoms. The zero-order valence-electron chi connectivity index (χ0n) is 9.23. The fourth-order valence-electron chi connectivity index (χ4n) is 1.77. The molecule has 16 heavy (non-hydrogen) atoms. The van der Waals surface area contributed by atoms with Crippen LogP contribution < -0.4 is 0 Å². The lowest BCUT2D eigenvalue weighted by atomic mass is 9.90. The van der Waals surface area contributed by atoms with E-state index in [1.165, 1.54) is 0 Å². The summed E-state index contributed by atoms with van der Waals surface area (Å²) in [6.45, 7) is 3.39. The number of aliphatic carboxylic acids is 1. The van der Waals surface area contributed by atoms with Crippen molar-refractivity contribution in [3.63, 3.8) is 0 Å². The van der Waals surface area contributed by atoms with Crippen LogP contribution in [0.3, 0.4) is 0 Å². The average Bonchev–Trinajstić information content (AvgIpc) is 2.84. The van der Waals surface area contributed by atoms with Gasteiger partial charge in [0.2, 0.25) is 5.89 Å². The highest BCUT2D eigenvalue weighted by Crippen LogP contribution is 2.31. The molecule has 1 saturated heterocycles. The number of oxazole rings is 1. The van der Waals surface area contributed by atoms with Crippen LogP contribution in [0.2, 0.25) is 0 Å². The van der Waals surface area contributed by atoms with Gasteiger partial charge >= 0.3 is 5.97 Å². The summed E-state index contributed by atoms with van der Waals surface area (Å²) >= 11 is 0. The van der Waals surface area contributed by atoms with E-state index in [1.807, 2.05) is 6.92 Å². The Morgan fingerprint density at radius 2 is 2.50 bits per heavy atom. The maximum absolute atomic E-state index is 10.4. The molecule has 0 aliphatic carbocycles. The van der Waals surface area contributed by atoms with Crippen LogP contribution in [0, 0.1) is 0 Å². The first-order valence-corrected chi connectivity index (χ1v) is 5.35. The summed E-state index contributed by atoms with van der Waals surface area (Å²) in [5.41, 5.74) is 0.548. The number of hydrogen-bond acceptors (Lipinski definition) is 4. The van der Waals surface area contributed by atoms with Crippen LogP contribution in [-0.4, -0.2) is 29.3 Å². The summed E-state index contributed by atoms with van der Waals surface area (Å²) in [6, 6.07) is 0. The Morgan fingerprint density at radius 3 is 3.12 bits per heavy atom. The topological polar surface area (TPSA) is 72.6 Å². The van der Waals surface area contributed by atoms with Gasteiger partial charge in [-0.25, -0.2) is 4.98 Å². The molecule has 1 aromatic rings. The Balaban J connectivity index is 2.04. The lowest BCUT2D eigenvalue weighted by Crippen LogP contribution is -2.22. The van der Waals surface area contributed by atoms with Gasteiger partial charge in [-0.1, -0.05) is 0 Å². The molecule has 1 aliphatic heterocycles. The van der Waals surface area contributed by atoms with Crippen molar-refractivity contribution in [1.82, 2.24) is 4.98 Å². The maximum Gasteiger partial charge on any atom is 0.303 e. The third-order valence-electron chi connectivity index (χ3n) is 2.88. The van der Waals surface area contributed by atoms with Crippen LogP contribution >= 0.6 is 0 Å². The molecule has 5 heteroatoms. The molecule has 0 spiro atoms. The van der Waals surface area contributed by atoms with Crippen molar-refractivity contribution in [2.24, 2.45) is 0 Å². The molecule has 1 unspecified atom stereocenters. The minimum absolute atomic E-state index is 0.0825. The molecule has 0 aromatic carbocycles. The molecule has 0 radical (unpaired) electrons. The molecular weight excluding hydrogens is 210 g/mol. The van der Waals surface area contributed by atoms with Crippen LogP contribution in [0.1, 0.15) is 31.4 Å². The standard InChI is InChI=1S/C11H15NO4/c1-11(4-5-15-7-11)10-12-8(6-16-10)2-3-9(13)14/h6H,2-5,7H2,1H3,(H,13,14). The summed E-state index contributed by atoms with van der Waals surface area (Å²) in [5, 5.41) is 8.57. The monoisotopic (exact) mass is 225 g/mol. The van der Waals surface area contributed by atoms with Crippen LogP contribution in [0.5, 0.6) is 0 Å². The first-order chi connectivity index (χ1) is 7.60. The lowest BCUT2D eigenvalue weighted by Gasteiger charge is -2.15. The summed E-state index contributed by atoms with van der Waals surface area (Å²) < 4.78 is 10.7. The fraction of sp³-hybridized carbons (Fsp3) is 0.636. The van der Waals surface area contributed by atoms with E-state index in [4.69, 9.17) is 14.3 Å². The molecule has 0 amide bonds. The smallest absolute Gasteiger partial charge is 0.303 e. The third kappa shape index (κ3) is 2.24. The van der Waals surface area contributed by atoms with E-state index in [-0.39, 0.29) is 11.8 Å². The van der Waals surface area contributed by atoms with Crippen molar-refractivity contribution < 1.29 is 19.1 Å². The third-order valence-corrected chi connectivity index (χ3v) is 2.88. The van der Waals surface area contributed by atoms with Crippen LogP contribution in [0.4, 0.5) is 0 Å². The van der Waals surface area contributed by atoms with Crippen molar-refractivity contribution in [3.05, 3.63) is 17.8 Å². The van der Waals surface area contributed by atoms with Crippen LogP contribution in [-0.2, 0) is 21.4 Å². The Morgan fingerprint density at radius 1 is 1.69 bits per heavy atom. The van der Waals surface area contributed by atoms with Crippen molar-refractivity contribution in [2.75, 3.05) is 13.2 Å². The normalized spacial score (nSPS) is 24.8. The van der Waals surface area contributed by atoms with Gasteiger partial charge < -0.3 is 14.3 Å². The molecule has 1 N–H and O–H groups in total. The van der Waals surface area contributed by atoms with E-state index in [0.717, 1.165) is 13.0 Å². The molecule has 2 heterocycles.